The molecule has 16 heavy (non-hydrogen) atoms. The third-order valence-corrected chi connectivity index (χ3v) is 4.44. The summed E-state index contributed by atoms with van der Waals surface area (Å²) in [5, 5.41) is 12.6. The number of hydrogen-bond acceptors (Lipinski definition) is 3. The molecule has 0 aromatic carbocycles. The van der Waals surface area contributed by atoms with Crippen molar-refractivity contribution < 1.29 is 9.84 Å². The molecule has 0 spiro atoms. The summed E-state index contributed by atoms with van der Waals surface area (Å²) in [6.45, 7) is 0.876. The zero-order chi connectivity index (χ0) is 11.4. The van der Waals surface area contributed by atoms with E-state index in [0.717, 1.165) is 30.7 Å². The van der Waals surface area contributed by atoms with E-state index in [1.54, 1.807) is 0 Å². The van der Waals surface area contributed by atoms with Crippen LogP contribution in [0.2, 0.25) is 5.02 Å². The van der Waals surface area contributed by atoms with Crippen molar-refractivity contribution in [3.8, 4) is 0 Å². The van der Waals surface area contributed by atoms with Crippen LogP contribution in [0.15, 0.2) is 11.4 Å². The first-order valence-corrected chi connectivity index (χ1v) is 7.05. The molecule has 4 heteroatoms. The minimum absolute atomic E-state index is 0.335. The minimum atomic E-state index is -0.432. The van der Waals surface area contributed by atoms with Crippen molar-refractivity contribution in [3.63, 3.8) is 0 Å². The Morgan fingerprint density at radius 3 is 3.06 bits per heavy atom. The smallest absolute Gasteiger partial charge is 0.0897 e. The summed E-state index contributed by atoms with van der Waals surface area (Å²) in [5.74, 6) is 0. The second-order valence-corrected chi connectivity index (χ2v) is 5.57. The number of halogens is 1. The molecule has 0 amide bonds. The summed E-state index contributed by atoms with van der Waals surface area (Å²) >= 11 is 7.50. The van der Waals surface area contributed by atoms with Gasteiger partial charge in [-0.2, -0.15) is 0 Å². The van der Waals surface area contributed by atoms with Crippen LogP contribution in [0.1, 0.15) is 43.1 Å². The fourth-order valence-electron chi connectivity index (χ4n) is 2.05. The Morgan fingerprint density at radius 1 is 1.56 bits per heavy atom. The lowest BCUT2D eigenvalue weighted by molar-refractivity contribution is 0.00236. The Balaban J connectivity index is 1.79. The van der Waals surface area contributed by atoms with Crippen molar-refractivity contribution in [3.05, 3.63) is 21.3 Å². The third-order valence-electron chi connectivity index (χ3n) is 2.98. The highest BCUT2D eigenvalue weighted by molar-refractivity contribution is 7.10. The van der Waals surface area contributed by atoms with E-state index < -0.39 is 6.10 Å². The molecule has 2 nitrogen and oxygen atoms in total. The van der Waals surface area contributed by atoms with Gasteiger partial charge >= 0.3 is 0 Å². The van der Waals surface area contributed by atoms with Gasteiger partial charge in [0.15, 0.2) is 0 Å². The van der Waals surface area contributed by atoms with Crippen LogP contribution in [-0.4, -0.2) is 17.8 Å². The number of ether oxygens (including phenoxy) is 1. The lowest BCUT2D eigenvalue weighted by atomic mass is 10.0. The van der Waals surface area contributed by atoms with Gasteiger partial charge in [-0.15, -0.1) is 11.3 Å². The Morgan fingerprint density at radius 2 is 2.44 bits per heavy atom. The Kier molecular flexibility index (Phi) is 4.65. The van der Waals surface area contributed by atoms with Gasteiger partial charge in [-0.25, -0.2) is 0 Å². The van der Waals surface area contributed by atoms with Crippen LogP contribution in [0, 0.1) is 0 Å². The summed E-state index contributed by atoms with van der Waals surface area (Å²) < 4.78 is 5.64. The number of aliphatic hydroxyl groups excluding tert-OH is 1. The van der Waals surface area contributed by atoms with Gasteiger partial charge in [0.1, 0.15) is 0 Å². The third kappa shape index (κ3) is 3.20. The molecule has 1 N–H and O–H groups in total. The van der Waals surface area contributed by atoms with Crippen LogP contribution in [-0.2, 0) is 4.74 Å². The van der Waals surface area contributed by atoms with E-state index in [1.165, 1.54) is 24.2 Å². The quantitative estimate of drug-likeness (QED) is 0.893. The first kappa shape index (κ1) is 12.4. The molecule has 0 bridgehead atoms. The molecule has 1 aromatic rings. The molecule has 2 atom stereocenters. The van der Waals surface area contributed by atoms with Crippen LogP contribution in [0.5, 0.6) is 0 Å². The summed E-state index contributed by atoms with van der Waals surface area (Å²) in [4.78, 5) is 0.887. The zero-order valence-corrected chi connectivity index (χ0v) is 10.8. The van der Waals surface area contributed by atoms with E-state index in [-0.39, 0.29) is 0 Å². The largest absolute Gasteiger partial charge is 0.388 e. The fourth-order valence-corrected chi connectivity index (χ4v) is 3.26. The molecule has 1 aromatic heterocycles. The summed E-state index contributed by atoms with van der Waals surface area (Å²) in [6.07, 6.45) is 5.13. The molecule has 1 saturated heterocycles. The van der Waals surface area contributed by atoms with Gasteiger partial charge in [-0.05, 0) is 43.6 Å². The lowest BCUT2D eigenvalue weighted by Gasteiger charge is -2.23. The molecule has 0 saturated carbocycles. The highest BCUT2D eigenvalue weighted by atomic mass is 35.5. The summed E-state index contributed by atoms with van der Waals surface area (Å²) in [7, 11) is 0. The Bertz CT molecular complexity index is 321. The summed E-state index contributed by atoms with van der Waals surface area (Å²) in [5.41, 5.74) is 0. The molecular formula is C12H17ClO2S. The van der Waals surface area contributed by atoms with Gasteiger partial charge in [-0.3, -0.25) is 0 Å². The SMILES string of the molecule is OC(CCC1CCCCO1)c1sccc1Cl. The van der Waals surface area contributed by atoms with Gasteiger partial charge in [0.05, 0.1) is 22.1 Å². The van der Waals surface area contributed by atoms with Gasteiger partial charge in [-0.1, -0.05) is 11.6 Å². The average Bonchev–Trinajstić information content (AvgIpc) is 2.74. The Labute approximate surface area is 105 Å². The van der Waals surface area contributed by atoms with Crippen LogP contribution in [0.25, 0.3) is 0 Å². The maximum Gasteiger partial charge on any atom is 0.0897 e. The number of thiophene rings is 1. The number of rotatable bonds is 4. The molecule has 1 fully saturated rings. The molecule has 2 unspecified atom stereocenters. The van der Waals surface area contributed by atoms with Crippen molar-refractivity contribution in [2.75, 3.05) is 6.61 Å². The molecule has 0 aliphatic carbocycles. The molecule has 90 valence electrons. The maximum atomic E-state index is 9.99. The first-order chi connectivity index (χ1) is 7.77. The van der Waals surface area contributed by atoms with Gasteiger partial charge in [0.2, 0.25) is 0 Å². The van der Waals surface area contributed by atoms with Gasteiger partial charge < -0.3 is 9.84 Å². The highest BCUT2D eigenvalue weighted by Gasteiger charge is 2.18. The van der Waals surface area contributed by atoms with E-state index in [4.69, 9.17) is 16.3 Å². The summed E-state index contributed by atoms with van der Waals surface area (Å²) in [6, 6.07) is 1.84. The number of aliphatic hydroxyl groups is 1. The zero-order valence-electron chi connectivity index (χ0n) is 9.19. The normalized spacial score (nSPS) is 23.2. The van der Waals surface area contributed by atoms with Gasteiger partial charge in [0, 0.05) is 6.61 Å². The van der Waals surface area contributed by atoms with Crippen molar-refractivity contribution in [1.82, 2.24) is 0 Å². The maximum absolute atomic E-state index is 9.99. The van der Waals surface area contributed by atoms with E-state index >= 15 is 0 Å². The van der Waals surface area contributed by atoms with E-state index in [1.807, 2.05) is 11.4 Å². The second-order valence-electron chi connectivity index (χ2n) is 4.21. The van der Waals surface area contributed by atoms with E-state index in [2.05, 4.69) is 0 Å². The van der Waals surface area contributed by atoms with E-state index in [0.29, 0.717) is 11.1 Å². The molecule has 1 aliphatic rings. The monoisotopic (exact) mass is 260 g/mol. The molecule has 1 aliphatic heterocycles. The first-order valence-electron chi connectivity index (χ1n) is 5.80. The van der Waals surface area contributed by atoms with Crippen molar-refractivity contribution in [2.24, 2.45) is 0 Å². The van der Waals surface area contributed by atoms with Gasteiger partial charge in [0.25, 0.3) is 0 Å². The molecule has 0 radical (unpaired) electrons. The van der Waals surface area contributed by atoms with Crippen molar-refractivity contribution in [1.29, 1.82) is 0 Å². The Hall–Kier alpha value is -0.0900. The minimum Gasteiger partial charge on any atom is -0.388 e. The highest BCUT2D eigenvalue weighted by Crippen LogP contribution is 2.32. The van der Waals surface area contributed by atoms with Crippen LogP contribution in [0.4, 0.5) is 0 Å². The standard InChI is InChI=1S/C12H17ClO2S/c13-10-6-8-16-12(10)11(14)5-4-9-3-1-2-7-15-9/h6,8-9,11,14H,1-5,7H2. The van der Waals surface area contributed by atoms with E-state index in [9.17, 15) is 5.11 Å². The molecule has 2 heterocycles. The second kappa shape index (κ2) is 6.01. The van der Waals surface area contributed by atoms with Crippen LogP contribution >= 0.6 is 22.9 Å². The van der Waals surface area contributed by atoms with Crippen molar-refractivity contribution >= 4 is 22.9 Å². The predicted molar refractivity (Wildman–Crippen MR) is 67.1 cm³/mol. The fraction of sp³-hybridized carbons (Fsp3) is 0.667. The average molecular weight is 261 g/mol. The van der Waals surface area contributed by atoms with Crippen molar-refractivity contribution in [2.45, 2.75) is 44.3 Å². The number of hydrogen-bond donors (Lipinski definition) is 1. The van der Waals surface area contributed by atoms with Crippen LogP contribution < -0.4 is 0 Å². The molecular weight excluding hydrogens is 244 g/mol. The lowest BCUT2D eigenvalue weighted by Crippen LogP contribution is -2.19. The predicted octanol–water partition coefficient (Wildman–Crippen LogP) is 3.78. The molecule has 2 rings (SSSR count). The van der Waals surface area contributed by atoms with Crippen LogP contribution in [0.3, 0.4) is 0 Å². The topological polar surface area (TPSA) is 29.5 Å².